The van der Waals surface area contributed by atoms with Crippen molar-refractivity contribution >= 4 is 5.78 Å². The maximum atomic E-state index is 11.3. The fourth-order valence-electron chi connectivity index (χ4n) is 2.87. The topological polar surface area (TPSA) is 20.3 Å². The Kier molecular flexibility index (Phi) is 3.22. The van der Waals surface area contributed by atoms with E-state index < -0.39 is 0 Å². The highest BCUT2D eigenvalue weighted by atomic mass is 16.1. The quantitative estimate of drug-likeness (QED) is 0.673. The Morgan fingerprint density at radius 1 is 1.36 bits per heavy atom. The van der Waals surface area contributed by atoms with E-state index in [9.17, 15) is 4.79 Å². The van der Waals surface area contributed by atoms with E-state index in [-0.39, 0.29) is 0 Å². The number of carbonyl (C=O) groups excluding carboxylic acids is 1. The third kappa shape index (κ3) is 2.35. The SMILES string of the molecule is CC1CCCN1CC1CCCC(=O)C1. The van der Waals surface area contributed by atoms with E-state index in [1.165, 1.54) is 32.4 Å². The van der Waals surface area contributed by atoms with Gasteiger partial charge in [0.25, 0.3) is 0 Å². The van der Waals surface area contributed by atoms with Crippen molar-refractivity contribution in [2.24, 2.45) is 5.92 Å². The Labute approximate surface area is 86.7 Å². The van der Waals surface area contributed by atoms with Gasteiger partial charge in [0.2, 0.25) is 0 Å². The highest BCUT2D eigenvalue weighted by molar-refractivity contribution is 5.79. The van der Waals surface area contributed by atoms with Gasteiger partial charge in [-0.15, -0.1) is 0 Å². The lowest BCUT2D eigenvalue weighted by Gasteiger charge is -2.28. The highest BCUT2D eigenvalue weighted by Crippen LogP contribution is 2.25. The largest absolute Gasteiger partial charge is 0.300 e. The summed E-state index contributed by atoms with van der Waals surface area (Å²) in [7, 11) is 0. The lowest BCUT2D eigenvalue weighted by atomic mass is 9.88. The van der Waals surface area contributed by atoms with Gasteiger partial charge in [0.05, 0.1) is 0 Å². The van der Waals surface area contributed by atoms with Crippen LogP contribution in [0.2, 0.25) is 0 Å². The molecule has 1 heterocycles. The van der Waals surface area contributed by atoms with Gasteiger partial charge in [-0.05, 0) is 45.1 Å². The van der Waals surface area contributed by atoms with Crippen LogP contribution in [0.3, 0.4) is 0 Å². The molecular weight excluding hydrogens is 174 g/mol. The molecule has 2 rings (SSSR count). The Morgan fingerprint density at radius 3 is 2.86 bits per heavy atom. The highest BCUT2D eigenvalue weighted by Gasteiger charge is 2.26. The Balaban J connectivity index is 1.81. The van der Waals surface area contributed by atoms with Gasteiger partial charge < -0.3 is 4.90 Å². The molecule has 0 radical (unpaired) electrons. The summed E-state index contributed by atoms with van der Waals surface area (Å²) in [6.07, 6.45) is 6.79. The summed E-state index contributed by atoms with van der Waals surface area (Å²) in [5.74, 6) is 1.16. The van der Waals surface area contributed by atoms with Crippen molar-refractivity contribution in [3.8, 4) is 0 Å². The maximum absolute atomic E-state index is 11.3. The lowest BCUT2D eigenvalue weighted by Crippen LogP contribution is -2.34. The number of Topliss-reactive ketones (excluding diaryl/α,β-unsaturated/α-hetero) is 1. The molecule has 1 aliphatic carbocycles. The molecule has 80 valence electrons. The standard InChI is InChI=1S/C12H21NO/c1-10-4-3-7-13(10)9-11-5-2-6-12(14)8-11/h10-11H,2-9H2,1H3. The second-order valence-electron chi connectivity index (χ2n) is 4.99. The molecule has 0 aromatic rings. The van der Waals surface area contributed by atoms with Crippen molar-refractivity contribution in [1.82, 2.24) is 4.90 Å². The molecule has 2 nitrogen and oxygen atoms in total. The molecular formula is C12H21NO. The molecule has 0 bridgehead atoms. The lowest BCUT2D eigenvalue weighted by molar-refractivity contribution is -0.121. The van der Waals surface area contributed by atoms with E-state index >= 15 is 0 Å². The van der Waals surface area contributed by atoms with Crippen LogP contribution in [-0.2, 0) is 4.79 Å². The molecule has 14 heavy (non-hydrogen) atoms. The molecule has 0 aromatic carbocycles. The fourth-order valence-corrected chi connectivity index (χ4v) is 2.87. The van der Waals surface area contributed by atoms with E-state index in [0.29, 0.717) is 11.7 Å². The second-order valence-corrected chi connectivity index (χ2v) is 4.99. The predicted molar refractivity (Wildman–Crippen MR) is 57.2 cm³/mol. The molecule has 0 amide bonds. The van der Waals surface area contributed by atoms with Crippen molar-refractivity contribution in [3.05, 3.63) is 0 Å². The van der Waals surface area contributed by atoms with Crippen LogP contribution in [0.25, 0.3) is 0 Å². The van der Waals surface area contributed by atoms with Crippen molar-refractivity contribution in [2.75, 3.05) is 13.1 Å². The van der Waals surface area contributed by atoms with Crippen LogP contribution < -0.4 is 0 Å². The van der Waals surface area contributed by atoms with Crippen molar-refractivity contribution < 1.29 is 4.79 Å². The van der Waals surface area contributed by atoms with E-state index in [0.717, 1.165) is 25.3 Å². The maximum Gasteiger partial charge on any atom is 0.133 e. The van der Waals surface area contributed by atoms with Crippen molar-refractivity contribution in [3.63, 3.8) is 0 Å². The van der Waals surface area contributed by atoms with Crippen LogP contribution in [0.15, 0.2) is 0 Å². The normalized spacial score (nSPS) is 35.1. The summed E-state index contributed by atoms with van der Waals surface area (Å²) in [5, 5.41) is 0. The minimum atomic E-state index is 0.494. The molecule has 2 unspecified atom stereocenters. The fraction of sp³-hybridized carbons (Fsp3) is 0.917. The number of nitrogens with zero attached hydrogens (tertiary/aromatic N) is 1. The zero-order chi connectivity index (χ0) is 9.97. The van der Waals surface area contributed by atoms with Gasteiger partial charge in [-0.3, -0.25) is 4.79 Å². The summed E-state index contributed by atoms with van der Waals surface area (Å²) in [6, 6.07) is 0.757. The molecule has 2 atom stereocenters. The van der Waals surface area contributed by atoms with Crippen LogP contribution in [0, 0.1) is 5.92 Å². The summed E-state index contributed by atoms with van der Waals surface area (Å²) in [5.41, 5.74) is 0. The van der Waals surface area contributed by atoms with E-state index in [4.69, 9.17) is 0 Å². The number of ketones is 1. The smallest absolute Gasteiger partial charge is 0.133 e. The number of carbonyl (C=O) groups is 1. The predicted octanol–water partition coefficient (Wildman–Crippen LogP) is 2.23. The molecule has 0 N–H and O–H groups in total. The van der Waals surface area contributed by atoms with E-state index in [2.05, 4.69) is 11.8 Å². The van der Waals surface area contributed by atoms with Crippen molar-refractivity contribution in [2.45, 2.75) is 51.5 Å². The van der Waals surface area contributed by atoms with Crippen LogP contribution >= 0.6 is 0 Å². The second kappa shape index (κ2) is 4.43. The molecule has 1 saturated carbocycles. The molecule has 2 aliphatic rings. The van der Waals surface area contributed by atoms with Gasteiger partial charge in [-0.2, -0.15) is 0 Å². The van der Waals surface area contributed by atoms with Gasteiger partial charge >= 0.3 is 0 Å². The zero-order valence-corrected chi connectivity index (χ0v) is 9.17. The third-order valence-corrected chi connectivity index (χ3v) is 3.77. The van der Waals surface area contributed by atoms with Gasteiger partial charge in [-0.1, -0.05) is 0 Å². The van der Waals surface area contributed by atoms with Crippen LogP contribution in [0.1, 0.15) is 45.4 Å². The van der Waals surface area contributed by atoms with E-state index in [1.807, 2.05) is 0 Å². The number of likely N-dealkylation sites (tertiary alicyclic amines) is 1. The molecule has 2 heteroatoms. The summed E-state index contributed by atoms with van der Waals surface area (Å²) in [6.45, 7) is 4.75. The Morgan fingerprint density at radius 2 is 2.21 bits per heavy atom. The molecule has 0 aromatic heterocycles. The monoisotopic (exact) mass is 195 g/mol. The minimum Gasteiger partial charge on any atom is -0.300 e. The van der Waals surface area contributed by atoms with Gasteiger partial charge in [0.1, 0.15) is 5.78 Å². The molecule has 0 spiro atoms. The molecule has 1 aliphatic heterocycles. The van der Waals surface area contributed by atoms with Crippen LogP contribution in [0.5, 0.6) is 0 Å². The first kappa shape index (κ1) is 10.2. The first-order valence-electron chi connectivity index (χ1n) is 6.01. The average molecular weight is 195 g/mol. The van der Waals surface area contributed by atoms with Gasteiger partial charge in [0, 0.05) is 25.4 Å². The average Bonchev–Trinajstić information content (AvgIpc) is 2.52. The van der Waals surface area contributed by atoms with Crippen molar-refractivity contribution in [1.29, 1.82) is 0 Å². The molecule has 2 fully saturated rings. The third-order valence-electron chi connectivity index (χ3n) is 3.77. The number of hydrogen-bond acceptors (Lipinski definition) is 2. The first-order chi connectivity index (χ1) is 6.75. The number of hydrogen-bond donors (Lipinski definition) is 0. The van der Waals surface area contributed by atoms with Crippen LogP contribution in [-0.4, -0.2) is 29.8 Å². The van der Waals surface area contributed by atoms with E-state index in [1.54, 1.807) is 0 Å². The van der Waals surface area contributed by atoms with Crippen LogP contribution in [0.4, 0.5) is 0 Å². The Hall–Kier alpha value is -0.370. The minimum absolute atomic E-state index is 0.494. The molecule has 1 saturated heterocycles. The van der Waals surface area contributed by atoms with Gasteiger partial charge in [-0.25, -0.2) is 0 Å². The Bertz CT molecular complexity index is 214. The summed E-state index contributed by atoms with van der Waals surface area (Å²) >= 11 is 0. The first-order valence-corrected chi connectivity index (χ1v) is 6.01. The summed E-state index contributed by atoms with van der Waals surface area (Å²) < 4.78 is 0. The van der Waals surface area contributed by atoms with Gasteiger partial charge in [0.15, 0.2) is 0 Å². The summed E-state index contributed by atoms with van der Waals surface area (Å²) in [4.78, 5) is 13.9. The number of rotatable bonds is 2. The zero-order valence-electron chi connectivity index (χ0n) is 9.17.